The molecule has 0 spiro atoms. The van der Waals surface area contributed by atoms with Crippen molar-refractivity contribution in [2.45, 2.75) is 56.4 Å². The highest BCUT2D eigenvalue weighted by atomic mass is 32.2. The number of anilines is 1. The van der Waals surface area contributed by atoms with Gasteiger partial charge in [0.15, 0.2) is 0 Å². The normalized spacial score (nSPS) is 17.8. The van der Waals surface area contributed by atoms with Crippen LogP contribution < -0.4 is 10.0 Å². The summed E-state index contributed by atoms with van der Waals surface area (Å²) in [6.45, 7) is 2.15. The van der Waals surface area contributed by atoms with Crippen molar-refractivity contribution in [1.29, 1.82) is 0 Å². The molecule has 1 saturated carbocycles. The fraction of sp³-hybridized carbons (Fsp3) is 0.667. The van der Waals surface area contributed by atoms with Gasteiger partial charge in [-0.3, -0.25) is 0 Å². The van der Waals surface area contributed by atoms with Crippen molar-refractivity contribution in [3.8, 4) is 0 Å². The summed E-state index contributed by atoms with van der Waals surface area (Å²) >= 11 is 0. The second kappa shape index (κ2) is 7.22. The zero-order valence-electron chi connectivity index (χ0n) is 12.8. The first-order chi connectivity index (χ1) is 10.0. The zero-order chi connectivity index (χ0) is 15.3. The molecule has 21 heavy (non-hydrogen) atoms. The number of pyridine rings is 1. The van der Waals surface area contributed by atoms with Crippen LogP contribution in [0.5, 0.6) is 0 Å². The molecule has 2 N–H and O–H groups in total. The van der Waals surface area contributed by atoms with E-state index in [1.165, 1.54) is 45.3 Å². The second-order valence-corrected chi connectivity index (χ2v) is 7.75. The first-order valence-electron chi connectivity index (χ1n) is 7.67. The van der Waals surface area contributed by atoms with Crippen molar-refractivity contribution in [3.05, 3.63) is 18.3 Å². The van der Waals surface area contributed by atoms with E-state index < -0.39 is 10.0 Å². The Hall–Kier alpha value is -1.14. The Morgan fingerprint density at radius 2 is 2.05 bits per heavy atom. The number of nitrogens with zero attached hydrogens (tertiary/aromatic N) is 1. The average molecular weight is 311 g/mol. The van der Waals surface area contributed by atoms with E-state index in [4.69, 9.17) is 0 Å². The van der Waals surface area contributed by atoms with Gasteiger partial charge in [0.25, 0.3) is 0 Å². The number of hydrogen-bond donors (Lipinski definition) is 2. The van der Waals surface area contributed by atoms with Gasteiger partial charge in [0.1, 0.15) is 10.7 Å². The van der Waals surface area contributed by atoms with Crippen molar-refractivity contribution in [1.82, 2.24) is 9.71 Å². The minimum absolute atomic E-state index is 0.189. The van der Waals surface area contributed by atoms with Gasteiger partial charge in [-0.25, -0.2) is 18.1 Å². The molecule has 0 aliphatic heterocycles. The summed E-state index contributed by atoms with van der Waals surface area (Å²) in [6, 6.07) is 3.64. The van der Waals surface area contributed by atoms with Gasteiger partial charge in [0, 0.05) is 12.2 Å². The van der Waals surface area contributed by atoms with Gasteiger partial charge in [-0.15, -0.1) is 0 Å². The van der Waals surface area contributed by atoms with Crippen LogP contribution in [0.3, 0.4) is 0 Å². The molecule has 1 aliphatic carbocycles. The molecule has 1 aromatic rings. The molecule has 118 valence electrons. The van der Waals surface area contributed by atoms with Crippen LogP contribution in [0, 0.1) is 5.92 Å². The van der Waals surface area contributed by atoms with Gasteiger partial charge >= 0.3 is 0 Å². The lowest BCUT2D eigenvalue weighted by atomic mass is 9.99. The number of nitrogens with one attached hydrogen (secondary N) is 2. The van der Waals surface area contributed by atoms with Gasteiger partial charge in [0.2, 0.25) is 10.0 Å². The largest absolute Gasteiger partial charge is 0.368 e. The molecular weight excluding hydrogens is 286 g/mol. The second-order valence-electron chi connectivity index (χ2n) is 5.86. The van der Waals surface area contributed by atoms with E-state index in [2.05, 4.69) is 21.9 Å². The van der Waals surface area contributed by atoms with Crippen LogP contribution in [0.15, 0.2) is 23.2 Å². The monoisotopic (exact) mass is 311 g/mol. The van der Waals surface area contributed by atoms with Gasteiger partial charge in [-0.2, -0.15) is 0 Å². The van der Waals surface area contributed by atoms with E-state index in [-0.39, 0.29) is 4.90 Å². The molecule has 1 aliphatic rings. The van der Waals surface area contributed by atoms with Crippen molar-refractivity contribution in [2.75, 3.05) is 12.4 Å². The highest BCUT2D eigenvalue weighted by molar-refractivity contribution is 7.89. The van der Waals surface area contributed by atoms with Crippen molar-refractivity contribution < 1.29 is 8.42 Å². The number of sulfonamides is 1. The molecule has 1 atom stereocenters. The van der Waals surface area contributed by atoms with Gasteiger partial charge < -0.3 is 5.32 Å². The molecule has 0 aromatic carbocycles. The van der Waals surface area contributed by atoms with E-state index >= 15 is 0 Å². The zero-order valence-corrected chi connectivity index (χ0v) is 13.6. The number of hydrogen-bond acceptors (Lipinski definition) is 4. The predicted molar refractivity (Wildman–Crippen MR) is 84.8 cm³/mol. The fourth-order valence-electron chi connectivity index (χ4n) is 2.85. The molecule has 0 amide bonds. The SMILES string of the molecule is CNS(=O)(=O)c1ccc(NC(C)CCC2CCCC2)nc1. The minimum Gasteiger partial charge on any atom is -0.368 e. The minimum atomic E-state index is -3.40. The van der Waals surface area contributed by atoms with Gasteiger partial charge in [-0.1, -0.05) is 25.7 Å². The lowest BCUT2D eigenvalue weighted by molar-refractivity contribution is 0.467. The molecule has 0 saturated heterocycles. The van der Waals surface area contributed by atoms with Crippen molar-refractivity contribution in [2.24, 2.45) is 5.92 Å². The molecule has 2 rings (SSSR count). The van der Waals surface area contributed by atoms with Crippen LogP contribution in [0.1, 0.15) is 45.4 Å². The van der Waals surface area contributed by atoms with Crippen molar-refractivity contribution in [3.63, 3.8) is 0 Å². The van der Waals surface area contributed by atoms with Crippen LogP contribution in [-0.4, -0.2) is 26.5 Å². The van der Waals surface area contributed by atoms with Gasteiger partial charge in [-0.05, 0) is 44.9 Å². The Morgan fingerprint density at radius 1 is 1.33 bits per heavy atom. The highest BCUT2D eigenvalue weighted by Crippen LogP contribution is 2.29. The third-order valence-electron chi connectivity index (χ3n) is 4.19. The first kappa shape index (κ1) is 16.2. The molecule has 0 radical (unpaired) electrons. The number of rotatable bonds is 7. The predicted octanol–water partition coefficient (Wildman–Crippen LogP) is 2.76. The maximum atomic E-state index is 11.6. The molecule has 5 nitrogen and oxygen atoms in total. The third-order valence-corrected chi connectivity index (χ3v) is 5.59. The van der Waals surface area contributed by atoms with Crippen LogP contribution in [0.2, 0.25) is 0 Å². The molecule has 0 bridgehead atoms. The quantitative estimate of drug-likeness (QED) is 0.812. The lowest BCUT2D eigenvalue weighted by Gasteiger charge is -2.17. The first-order valence-corrected chi connectivity index (χ1v) is 9.15. The molecule has 1 fully saturated rings. The topological polar surface area (TPSA) is 71.1 Å². The Labute approximate surface area is 127 Å². The smallest absolute Gasteiger partial charge is 0.241 e. The standard InChI is InChI=1S/C15H25N3O2S/c1-12(7-8-13-5-3-4-6-13)18-15-10-9-14(11-17-15)21(19,20)16-2/h9-13,16H,3-8H2,1-2H3,(H,17,18). The maximum absolute atomic E-state index is 11.6. The summed E-state index contributed by atoms with van der Waals surface area (Å²) in [5.41, 5.74) is 0. The fourth-order valence-corrected chi connectivity index (χ4v) is 3.53. The molecule has 1 unspecified atom stereocenters. The summed E-state index contributed by atoms with van der Waals surface area (Å²) < 4.78 is 25.5. The summed E-state index contributed by atoms with van der Waals surface area (Å²) in [6.07, 6.45) is 9.30. The van der Waals surface area contributed by atoms with E-state index in [9.17, 15) is 8.42 Å². The Balaban J connectivity index is 1.84. The highest BCUT2D eigenvalue weighted by Gasteiger charge is 2.16. The third kappa shape index (κ3) is 4.68. The van der Waals surface area contributed by atoms with E-state index in [1.54, 1.807) is 12.1 Å². The molecule has 1 heterocycles. The summed E-state index contributed by atoms with van der Waals surface area (Å²) in [4.78, 5) is 4.37. The van der Waals surface area contributed by atoms with Crippen LogP contribution in [0.25, 0.3) is 0 Å². The summed E-state index contributed by atoms with van der Waals surface area (Å²) in [7, 11) is -2.01. The average Bonchev–Trinajstić information content (AvgIpc) is 2.99. The van der Waals surface area contributed by atoms with Crippen LogP contribution >= 0.6 is 0 Å². The molecular formula is C15H25N3O2S. The molecule has 6 heteroatoms. The van der Waals surface area contributed by atoms with E-state index in [0.29, 0.717) is 6.04 Å². The molecule has 1 aromatic heterocycles. The Kier molecular flexibility index (Phi) is 5.58. The lowest BCUT2D eigenvalue weighted by Crippen LogP contribution is -2.20. The van der Waals surface area contributed by atoms with Crippen LogP contribution in [0.4, 0.5) is 5.82 Å². The number of aromatic nitrogens is 1. The van der Waals surface area contributed by atoms with Gasteiger partial charge in [0.05, 0.1) is 0 Å². The van der Waals surface area contributed by atoms with E-state index in [0.717, 1.165) is 18.2 Å². The Bertz CT molecular complexity index is 537. The van der Waals surface area contributed by atoms with Crippen molar-refractivity contribution >= 4 is 15.8 Å². The summed E-state index contributed by atoms with van der Waals surface area (Å²) in [5.74, 6) is 1.62. The maximum Gasteiger partial charge on any atom is 0.241 e. The van der Waals surface area contributed by atoms with E-state index in [1.807, 2.05) is 0 Å². The Morgan fingerprint density at radius 3 is 2.62 bits per heavy atom. The summed E-state index contributed by atoms with van der Waals surface area (Å²) in [5, 5.41) is 3.34. The van der Waals surface area contributed by atoms with Crippen LogP contribution in [-0.2, 0) is 10.0 Å².